The first-order valence-electron chi connectivity index (χ1n) is 5.57. The molecule has 1 aromatic rings. The lowest BCUT2D eigenvalue weighted by molar-refractivity contribution is 0.859. The molecule has 92 valence electrons. The van der Waals surface area contributed by atoms with Crippen molar-refractivity contribution in [3.8, 4) is 0 Å². The largest absolute Gasteiger partial charge is 0.370 e. The van der Waals surface area contributed by atoms with Gasteiger partial charge in [0.1, 0.15) is 0 Å². The molecule has 5 heteroatoms. The zero-order valence-electron chi connectivity index (χ0n) is 9.87. The van der Waals surface area contributed by atoms with Gasteiger partial charge in [-0.05, 0) is 23.6 Å². The molecule has 0 bridgehead atoms. The molecule has 0 saturated carbocycles. The maximum atomic E-state index is 6.47. The summed E-state index contributed by atoms with van der Waals surface area (Å²) >= 11 is 10.0. The molecule has 0 radical (unpaired) electrons. The van der Waals surface area contributed by atoms with Crippen LogP contribution in [0.15, 0.2) is 21.6 Å². The van der Waals surface area contributed by atoms with E-state index in [1.165, 1.54) is 0 Å². The van der Waals surface area contributed by atoms with Crippen molar-refractivity contribution in [3.05, 3.63) is 27.2 Å². The van der Waals surface area contributed by atoms with E-state index in [1.54, 1.807) is 0 Å². The van der Waals surface area contributed by atoms with Gasteiger partial charge in [-0.15, -0.1) is 0 Å². The van der Waals surface area contributed by atoms with E-state index in [9.17, 15) is 0 Å². The summed E-state index contributed by atoms with van der Waals surface area (Å²) in [6, 6.07) is 3.99. The number of halogens is 2. The summed E-state index contributed by atoms with van der Waals surface area (Å²) in [5.74, 6) is 0.904. The van der Waals surface area contributed by atoms with E-state index >= 15 is 0 Å². The number of anilines is 1. The Morgan fingerprint density at radius 1 is 1.47 bits per heavy atom. The van der Waals surface area contributed by atoms with Crippen molar-refractivity contribution in [1.29, 1.82) is 0 Å². The third kappa shape index (κ3) is 2.29. The van der Waals surface area contributed by atoms with Crippen LogP contribution in [0.3, 0.4) is 0 Å². The highest BCUT2D eigenvalue weighted by Crippen LogP contribution is 2.38. The molecular formula is C12H15BrClN3. The highest BCUT2D eigenvalue weighted by Gasteiger charge is 2.21. The Morgan fingerprint density at radius 2 is 2.18 bits per heavy atom. The number of hydrogen-bond acceptors (Lipinski definition) is 3. The molecular weight excluding hydrogens is 302 g/mol. The normalized spacial score (nSPS) is 15.6. The van der Waals surface area contributed by atoms with Gasteiger partial charge in [0.05, 0.1) is 17.3 Å². The second-order valence-electron chi connectivity index (χ2n) is 4.34. The van der Waals surface area contributed by atoms with Crippen LogP contribution in [0.5, 0.6) is 0 Å². The summed E-state index contributed by atoms with van der Waals surface area (Å²) < 4.78 is 1.04. The predicted octanol–water partition coefficient (Wildman–Crippen LogP) is 3.36. The van der Waals surface area contributed by atoms with E-state index in [4.69, 9.17) is 17.3 Å². The van der Waals surface area contributed by atoms with Gasteiger partial charge in [0.15, 0.2) is 5.96 Å². The van der Waals surface area contributed by atoms with Crippen molar-refractivity contribution in [3.63, 3.8) is 0 Å². The molecule has 0 fully saturated rings. The Bertz CT molecular complexity index is 471. The van der Waals surface area contributed by atoms with Crippen molar-refractivity contribution in [2.24, 2.45) is 10.7 Å². The number of hydrogen-bond donors (Lipinski definition) is 1. The highest BCUT2D eigenvalue weighted by molar-refractivity contribution is 9.10. The van der Waals surface area contributed by atoms with Crippen molar-refractivity contribution in [1.82, 2.24) is 0 Å². The first-order chi connectivity index (χ1) is 8.02. The minimum absolute atomic E-state index is 0.359. The lowest BCUT2D eigenvalue weighted by atomic mass is 10.0. The number of guanidine groups is 1. The van der Waals surface area contributed by atoms with Gasteiger partial charge >= 0.3 is 0 Å². The van der Waals surface area contributed by atoms with Gasteiger partial charge in [0.25, 0.3) is 0 Å². The zero-order chi connectivity index (χ0) is 12.6. The van der Waals surface area contributed by atoms with Gasteiger partial charge < -0.3 is 10.6 Å². The molecule has 0 amide bonds. The molecule has 0 aliphatic carbocycles. The third-order valence-corrected chi connectivity index (χ3v) is 3.94. The molecule has 1 aliphatic rings. The standard InChI is InChI=1S/C12H15BrClN3/c1-7(2)10-8(13)3-4-9(11(10)14)17-6-5-16-12(17)15/h3-4,7H,5-6H2,1-2H3,(H2,15,16). The smallest absolute Gasteiger partial charge is 0.195 e. The predicted molar refractivity (Wildman–Crippen MR) is 77.1 cm³/mol. The van der Waals surface area contributed by atoms with Crippen LogP contribution in [0.2, 0.25) is 5.02 Å². The fourth-order valence-corrected chi connectivity index (χ4v) is 3.39. The Hall–Kier alpha value is -0.740. The Balaban J connectivity index is 2.49. The molecule has 0 aromatic heterocycles. The van der Waals surface area contributed by atoms with Crippen LogP contribution < -0.4 is 10.6 Å². The maximum Gasteiger partial charge on any atom is 0.195 e. The van der Waals surface area contributed by atoms with Gasteiger partial charge in [0.2, 0.25) is 0 Å². The lowest BCUT2D eigenvalue weighted by Gasteiger charge is -2.22. The Labute approximate surface area is 115 Å². The van der Waals surface area contributed by atoms with E-state index in [1.807, 2.05) is 17.0 Å². The van der Waals surface area contributed by atoms with Crippen molar-refractivity contribution < 1.29 is 0 Å². The lowest BCUT2D eigenvalue weighted by Crippen LogP contribution is -2.34. The average molecular weight is 317 g/mol. The summed E-state index contributed by atoms with van der Waals surface area (Å²) in [4.78, 5) is 6.14. The van der Waals surface area contributed by atoms with Crippen molar-refractivity contribution in [2.75, 3.05) is 18.0 Å². The minimum atomic E-state index is 0.359. The highest BCUT2D eigenvalue weighted by atomic mass is 79.9. The van der Waals surface area contributed by atoms with E-state index in [0.717, 1.165) is 33.8 Å². The Kier molecular flexibility index (Phi) is 3.64. The van der Waals surface area contributed by atoms with Crippen LogP contribution in [-0.2, 0) is 0 Å². The number of rotatable bonds is 2. The van der Waals surface area contributed by atoms with E-state index in [2.05, 4.69) is 34.8 Å². The monoisotopic (exact) mass is 315 g/mol. The SMILES string of the molecule is CC(C)c1c(Br)ccc(N2CCN=C2N)c1Cl. The number of benzene rings is 1. The van der Waals surface area contributed by atoms with Crippen LogP contribution in [0.1, 0.15) is 25.3 Å². The molecule has 0 unspecified atom stereocenters. The molecule has 17 heavy (non-hydrogen) atoms. The summed E-state index contributed by atoms with van der Waals surface area (Å²) in [7, 11) is 0. The van der Waals surface area contributed by atoms with Gasteiger partial charge in [-0.2, -0.15) is 0 Å². The summed E-state index contributed by atoms with van der Waals surface area (Å²) in [6.07, 6.45) is 0. The molecule has 2 rings (SSSR count). The Morgan fingerprint density at radius 3 is 2.71 bits per heavy atom. The first-order valence-corrected chi connectivity index (χ1v) is 6.74. The quantitative estimate of drug-likeness (QED) is 0.909. The molecule has 2 N–H and O–H groups in total. The minimum Gasteiger partial charge on any atom is -0.370 e. The second-order valence-corrected chi connectivity index (χ2v) is 5.57. The first kappa shape index (κ1) is 12.7. The molecule has 1 aromatic carbocycles. The zero-order valence-corrected chi connectivity index (χ0v) is 12.2. The molecule has 0 saturated heterocycles. The third-order valence-electron chi connectivity index (χ3n) is 2.85. The van der Waals surface area contributed by atoms with E-state index < -0.39 is 0 Å². The maximum absolute atomic E-state index is 6.47. The second kappa shape index (κ2) is 4.86. The number of nitrogens with zero attached hydrogens (tertiary/aromatic N) is 2. The van der Waals surface area contributed by atoms with Crippen LogP contribution >= 0.6 is 27.5 Å². The van der Waals surface area contributed by atoms with Gasteiger partial charge in [0, 0.05) is 11.0 Å². The van der Waals surface area contributed by atoms with Gasteiger partial charge in [-0.25, -0.2) is 0 Å². The number of aliphatic imine (C=N–C) groups is 1. The van der Waals surface area contributed by atoms with Crippen molar-refractivity contribution in [2.45, 2.75) is 19.8 Å². The van der Waals surface area contributed by atoms with Crippen LogP contribution in [0, 0.1) is 0 Å². The molecule has 0 spiro atoms. The average Bonchev–Trinajstić information content (AvgIpc) is 2.64. The molecule has 0 atom stereocenters. The fourth-order valence-electron chi connectivity index (χ4n) is 2.00. The summed E-state index contributed by atoms with van der Waals surface area (Å²) in [6.45, 7) is 5.77. The topological polar surface area (TPSA) is 41.6 Å². The van der Waals surface area contributed by atoms with Crippen LogP contribution in [-0.4, -0.2) is 19.0 Å². The summed E-state index contributed by atoms with van der Waals surface area (Å²) in [5.41, 5.74) is 7.91. The summed E-state index contributed by atoms with van der Waals surface area (Å²) in [5, 5.41) is 0.759. The van der Waals surface area contributed by atoms with Crippen LogP contribution in [0.4, 0.5) is 5.69 Å². The molecule has 3 nitrogen and oxygen atoms in total. The van der Waals surface area contributed by atoms with E-state index in [-0.39, 0.29) is 0 Å². The molecule has 1 aliphatic heterocycles. The fraction of sp³-hybridized carbons (Fsp3) is 0.417. The van der Waals surface area contributed by atoms with E-state index in [0.29, 0.717) is 11.9 Å². The molecule has 1 heterocycles. The van der Waals surface area contributed by atoms with Crippen LogP contribution in [0.25, 0.3) is 0 Å². The van der Waals surface area contributed by atoms with Gasteiger partial charge in [-0.3, -0.25) is 4.99 Å². The number of nitrogens with two attached hydrogens (primary N) is 1. The van der Waals surface area contributed by atoms with Gasteiger partial charge in [-0.1, -0.05) is 41.4 Å². The van der Waals surface area contributed by atoms with Crippen molar-refractivity contribution >= 4 is 39.2 Å².